The van der Waals surface area contributed by atoms with Crippen molar-refractivity contribution in [3.8, 4) is 47.5 Å². The van der Waals surface area contributed by atoms with Crippen LogP contribution in [0.25, 0.3) is 21.5 Å². The van der Waals surface area contributed by atoms with Crippen LogP contribution in [-0.4, -0.2) is 11.9 Å². The van der Waals surface area contributed by atoms with Crippen molar-refractivity contribution in [1.82, 2.24) is 0 Å². The minimum absolute atomic E-state index is 0. The lowest BCUT2D eigenvalue weighted by Gasteiger charge is -2.09. The summed E-state index contributed by atoms with van der Waals surface area (Å²) >= 11 is 24.7. The van der Waals surface area contributed by atoms with Crippen molar-refractivity contribution in [3.05, 3.63) is 183 Å². The molecule has 7 aromatic rings. The van der Waals surface area contributed by atoms with Gasteiger partial charge in [0.05, 0.1) is 10.0 Å². The molecule has 0 aliphatic carbocycles. The summed E-state index contributed by atoms with van der Waals surface area (Å²) in [5.74, 6) is 15.7. The zero-order valence-corrected chi connectivity index (χ0v) is 40.4. The van der Waals surface area contributed by atoms with Crippen LogP contribution in [-0.2, 0) is 9.59 Å². The second-order valence-corrected chi connectivity index (χ2v) is 17.3. The SMILES string of the molecule is C.C#Cc1ccc(Cl)cc1C.CC(=O)Oc1cc2cc(Br)c(C)cc2cc1Br.CC(=O)Oc1cc2cc(C#Cc3ccc(Cl)cc3C)c(C)cc2cc1C#Cc1ccc(Cl)cc1C. The Kier molecular flexibility index (Phi) is 18.1. The molecule has 4 nitrogen and oxygen atoms in total. The van der Waals surface area contributed by atoms with Crippen LogP contribution < -0.4 is 9.47 Å². The first-order valence-electron chi connectivity index (χ1n) is 19.0. The molecule has 318 valence electrons. The molecule has 7 aromatic carbocycles. The third kappa shape index (κ3) is 14.0. The molecule has 0 heterocycles. The van der Waals surface area contributed by atoms with Gasteiger partial charge in [-0.2, -0.15) is 0 Å². The fourth-order valence-corrected chi connectivity index (χ4v) is 7.61. The maximum Gasteiger partial charge on any atom is 0.308 e. The normalized spacial score (nSPS) is 9.95. The van der Waals surface area contributed by atoms with E-state index in [0.29, 0.717) is 27.1 Å². The summed E-state index contributed by atoms with van der Waals surface area (Å²) in [6, 6.07) is 32.5. The summed E-state index contributed by atoms with van der Waals surface area (Å²) in [5, 5.41) is 6.13. The van der Waals surface area contributed by atoms with Crippen molar-refractivity contribution in [2.75, 3.05) is 0 Å². The third-order valence-corrected chi connectivity index (χ3v) is 11.5. The van der Waals surface area contributed by atoms with Gasteiger partial charge in [-0.15, -0.1) is 6.42 Å². The van der Waals surface area contributed by atoms with Crippen LogP contribution in [0.2, 0.25) is 15.1 Å². The van der Waals surface area contributed by atoms with E-state index in [1.165, 1.54) is 19.4 Å². The van der Waals surface area contributed by atoms with Gasteiger partial charge >= 0.3 is 11.9 Å². The van der Waals surface area contributed by atoms with Crippen LogP contribution in [0.15, 0.2) is 112 Å². The zero-order chi connectivity index (χ0) is 45.2. The van der Waals surface area contributed by atoms with Crippen LogP contribution in [0.4, 0.5) is 0 Å². The van der Waals surface area contributed by atoms with E-state index < -0.39 is 5.97 Å². The highest BCUT2D eigenvalue weighted by molar-refractivity contribution is 9.10. The summed E-state index contributed by atoms with van der Waals surface area (Å²) in [5.41, 5.74) is 9.51. The van der Waals surface area contributed by atoms with Crippen molar-refractivity contribution in [2.24, 2.45) is 0 Å². The number of rotatable bonds is 2. The van der Waals surface area contributed by atoms with Crippen molar-refractivity contribution in [2.45, 2.75) is 55.9 Å². The highest BCUT2D eigenvalue weighted by Gasteiger charge is 2.11. The monoisotopic (exact) mass is 1020 g/mol. The number of halogens is 5. The quantitative estimate of drug-likeness (QED) is 0.0984. The lowest BCUT2D eigenvalue weighted by molar-refractivity contribution is -0.132. The number of carbonyl (C=O) groups excluding carboxylic acids is 2. The molecule has 0 aliphatic rings. The van der Waals surface area contributed by atoms with Crippen molar-refractivity contribution >= 4 is 100 Å². The number of esters is 2. The van der Waals surface area contributed by atoms with E-state index in [9.17, 15) is 9.59 Å². The third-order valence-electron chi connectivity index (χ3n) is 9.34. The summed E-state index contributed by atoms with van der Waals surface area (Å²) in [4.78, 5) is 22.8. The van der Waals surface area contributed by atoms with Gasteiger partial charge in [0.1, 0.15) is 11.5 Å². The first kappa shape index (κ1) is 50.2. The molecule has 63 heavy (non-hydrogen) atoms. The number of aryl methyl sites for hydroxylation is 5. The molecule has 9 heteroatoms. The fourth-order valence-electron chi connectivity index (χ4n) is 6.13. The van der Waals surface area contributed by atoms with Gasteiger partial charge < -0.3 is 9.47 Å². The molecule has 7 rings (SSSR count). The topological polar surface area (TPSA) is 52.6 Å². The standard InChI is InChI=1S/C31H22Cl2O2.C13H10Br2O2.C9H7Cl.CH4/c1-19-13-27-17-26(8-6-24-10-12-30(33)15-21(24)3)31(35-22(4)34)18-28(27)16-25(19)7-5-23-9-11-29(32)14-20(23)2;1-7-3-9-5-12(15)13(17-8(2)16)6-10(9)4-11(7)14;1-3-8-4-5-9(10)6-7(8)2;/h9-18H,1-4H3;3-6H,1-2H3;1,4-6H,2H3;1H4. The lowest BCUT2D eigenvalue weighted by Crippen LogP contribution is -2.03. The predicted molar refractivity (Wildman–Crippen MR) is 271 cm³/mol. The molecular weight excluding hydrogens is 979 g/mol. The minimum atomic E-state index is -0.402. The molecule has 0 saturated carbocycles. The highest BCUT2D eigenvalue weighted by Crippen LogP contribution is 2.34. The number of fused-ring (bicyclic) bond motifs is 2. The summed E-state index contributed by atoms with van der Waals surface area (Å²) in [6.07, 6.45) is 5.21. The van der Waals surface area contributed by atoms with Crippen LogP contribution in [0.1, 0.15) is 76.9 Å². The number of benzene rings is 7. The average Bonchev–Trinajstić information content (AvgIpc) is 3.19. The predicted octanol–water partition coefficient (Wildman–Crippen LogP) is 15.7. The Morgan fingerprint density at radius 1 is 0.460 bits per heavy atom. The Hall–Kier alpha value is -5.49. The van der Waals surface area contributed by atoms with Crippen LogP contribution in [0.3, 0.4) is 0 Å². The van der Waals surface area contributed by atoms with Crippen LogP contribution in [0, 0.1) is 70.6 Å². The van der Waals surface area contributed by atoms with Crippen molar-refractivity contribution < 1.29 is 19.1 Å². The number of hydrogen-bond acceptors (Lipinski definition) is 4. The van der Waals surface area contributed by atoms with E-state index in [4.69, 9.17) is 50.7 Å². The molecule has 0 bridgehead atoms. The first-order chi connectivity index (χ1) is 29.4. The first-order valence-corrected chi connectivity index (χ1v) is 21.8. The van der Waals surface area contributed by atoms with Gasteiger partial charge in [-0.3, -0.25) is 9.59 Å². The smallest absolute Gasteiger partial charge is 0.308 e. The molecule has 0 N–H and O–H groups in total. The molecule has 0 aliphatic heterocycles. The molecule has 0 aromatic heterocycles. The molecule has 0 fully saturated rings. The molecule has 0 saturated heterocycles. The lowest BCUT2D eigenvalue weighted by atomic mass is 9.99. The number of hydrogen-bond donors (Lipinski definition) is 0. The second kappa shape index (κ2) is 22.7. The van der Waals surface area contributed by atoms with Crippen molar-refractivity contribution in [1.29, 1.82) is 0 Å². The minimum Gasteiger partial charge on any atom is -0.425 e. The van der Waals surface area contributed by atoms with Gasteiger partial charge in [0.2, 0.25) is 0 Å². The zero-order valence-electron chi connectivity index (χ0n) is 34.9. The van der Waals surface area contributed by atoms with E-state index in [1.54, 1.807) is 6.07 Å². The fraction of sp³-hybridized carbons (Fsp3) is 0.148. The van der Waals surface area contributed by atoms with E-state index in [0.717, 1.165) is 80.0 Å². The summed E-state index contributed by atoms with van der Waals surface area (Å²) in [6.45, 7) is 12.7. The van der Waals surface area contributed by atoms with Crippen molar-refractivity contribution in [3.63, 3.8) is 0 Å². The molecule has 0 radical (unpaired) electrons. The van der Waals surface area contributed by atoms with E-state index in [2.05, 4.69) is 73.6 Å². The van der Waals surface area contributed by atoms with Gasteiger partial charge in [0, 0.05) is 55.6 Å². The van der Waals surface area contributed by atoms with Gasteiger partial charge in [-0.25, -0.2) is 0 Å². The van der Waals surface area contributed by atoms with Gasteiger partial charge in [-0.05, 0) is 191 Å². The number of carbonyl (C=O) groups is 2. The van der Waals surface area contributed by atoms with Gasteiger partial charge in [0.25, 0.3) is 0 Å². The van der Waals surface area contributed by atoms with Crippen LogP contribution in [0.5, 0.6) is 11.5 Å². The summed E-state index contributed by atoms with van der Waals surface area (Å²) < 4.78 is 12.5. The highest BCUT2D eigenvalue weighted by atomic mass is 79.9. The molecular formula is C54H43Br2Cl3O4. The number of ether oxygens (including phenoxy) is 2. The molecule has 0 unspecified atom stereocenters. The molecule has 0 amide bonds. The number of terminal acetylenes is 1. The summed E-state index contributed by atoms with van der Waals surface area (Å²) in [7, 11) is 0. The van der Waals surface area contributed by atoms with E-state index in [1.807, 2.05) is 120 Å². The Labute approximate surface area is 402 Å². The maximum absolute atomic E-state index is 11.8. The molecule has 0 spiro atoms. The van der Waals surface area contributed by atoms with Crippen LogP contribution >= 0.6 is 66.7 Å². The van der Waals surface area contributed by atoms with Gasteiger partial charge in [-0.1, -0.05) is 99.9 Å². The second-order valence-electron chi connectivity index (χ2n) is 14.3. The largest absolute Gasteiger partial charge is 0.425 e. The Balaban J connectivity index is 0.000000256. The van der Waals surface area contributed by atoms with E-state index >= 15 is 0 Å². The van der Waals surface area contributed by atoms with Gasteiger partial charge in [0.15, 0.2) is 0 Å². The Morgan fingerprint density at radius 3 is 1.33 bits per heavy atom. The van der Waals surface area contributed by atoms with E-state index in [-0.39, 0.29) is 13.4 Å². The Bertz CT molecular complexity index is 3070. The molecule has 0 atom stereocenters. The average molecular weight is 1020 g/mol. The maximum atomic E-state index is 11.8. The Morgan fingerprint density at radius 2 is 0.825 bits per heavy atom.